The number of thiazole rings is 1. The number of aromatic nitrogens is 1. The molecule has 1 aliphatic rings. The van der Waals surface area contributed by atoms with E-state index in [0.717, 1.165) is 37.5 Å². The summed E-state index contributed by atoms with van der Waals surface area (Å²) in [5, 5.41) is 3.24. The van der Waals surface area contributed by atoms with E-state index in [1.807, 2.05) is 0 Å². The van der Waals surface area contributed by atoms with Gasteiger partial charge in [0.05, 0.1) is 0 Å². The van der Waals surface area contributed by atoms with Crippen LogP contribution in [0.15, 0.2) is 9.00 Å². The van der Waals surface area contributed by atoms with Crippen molar-refractivity contribution in [3.63, 3.8) is 0 Å². The van der Waals surface area contributed by atoms with Gasteiger partial charge >= 0.3 is 4.87 Å². The summed E-state index contributed by atoms with van der Waals surface area (Å²) in [7, 11) is -3.58. The highest BCUT2D eigenvalue weighted by molar-refractivity contribution is 7.91. The molecule has 0 bridgehead atoms. The van der Waals surface area contributed by atoms with E-state index in [9.17, 15) is 13.2 Å². The molecule has 0 saturated carbocycles. The summed E-state index contributed by atoms with van der Waals surface area (Å²) >= 11 is 0.722. The second kappa shape index (κ2) is 6.14. The third-order valence-electron chi connectivity index (χ3n) is 2.95. The van der Waals surface area contributed by atoms with Gasteiger partial charge in [0.1, 0.15) is 0 Å². The van der Waals surface area contributed by atoms with Crippen LogP contribution in [0.4, 0.5) is 0 Å². The lowest BCUT2D eigenvalue weighted by molar-refractivity contribution is 0.245. The molecule has 7 nitrogen and oxygen atoms in total. The average molecular weight is 306 g/mol. The van der Waals surface area contributed by atoms with Crippen LogP contribution in [0.2, 0.25) is 0 Å². The molecular formula is C10H18N4O3S2. The molecule has 9 heteroatoms. The van der Waals surface area contributed by atoms with Crippen LogP contribution in [0.3, 0.4) is 0 Å². The normalized spacial score (nSPS) is 17.7. The van der Waals surface area contributed by atoms with Gasteiger partial charge in [0, 0.05) is 45.0 Å². The van der Waals surface area contributed by atoms with E-state index in [4.69, 9.17) is 0 Å². The van der Waals surface area contributed by atoms with Crippen molar-refractivity contribution in [2.75, 3.05) is 39.3 Å². The quantitative estimate of drug-likeness (QED) is 0.644. The molecule has 1 aromatic rings. The van der Waals surface area contributed by atoms with Crippen molar-refractivity contribution >= 4 is 21.4 Å². The molecule has 0 amide bonds. The smallest absolute Gasteiger partial charge is 0.305 e. The topological polar surface area (TPSA) is 94.3 Å². The molecule has 1 aliphatic heterocycles. The number of nitrogens with zero attached hydrogens (tertiary/aromatic N) is 1. The van der Waals surface area contributed by atoms with Crippen LogP contribution in [0.5, 0.6) is 0 Å². The number of aromatic amines is 1. The van der Waals surface area contributed by atoms with Gasteiger partial charge in [-0.2, -0.15) is 0 Å². The van der Waals surface area contributed by atoms with Crippen LogP contribution in [0.25, 0.3) is 0 Å². The van der Waals surface area contributed by atoms with E-state index < -0.39 is 10.0 Å². The zero-order valence-electron chi connectivity index (χ0n) is 10.7. The molecule has 0 spiro atoms. The Morgan fingerprint density at radius 3 is 2.63 bits per heavy atom. The van der Waals surface area contributed by atoms with Gasteiger partial charge in [-0.25, -0.2) is 13.1 Å². The van der Waals surface area contributed by atoms with E-state index in [0.29, 0.717) is 18.8 Å². The predicted octanol–water partition coefficient (Wildman–Crippen LogP) is -1.07. The standard InChI is InChI=1S/C10H18N4O3S2/c1-8-9(18-10(15)13-8)19(16,17)12-4-7-14-5-2-11-3-6-14/h11-12H,2-7H2,1H3,(H,13,15). The minimum absolute atomic E-state index is 0.0813. The maximum absolute atomic E-state index is 12.0. The first kappa shape index (κ1) is 14.7. The Morgan fingerprint density at radius 1 is 1.37 bits per heavy atom. The number of sulfonamides is 1. The molecular weight excluding hydrogens is 288 g/mol. The van der Waals surface area contributed by atoms with Crippen molar-refractivity contribution in [3.8, 4) is 0 Å². The van der Waals surface area contributed by atoms with E-state index in [2.05, 4.69) is 19.9 Å². The number of nitrogens with one attached hydrogen (secondary N) is 3. The Hall–Kier alpha value is -0.740. The fourth-order valence-corrected chi connectivity index (χ4v) is 4.35. The summed E-state index contributed by atoms with van der Waals surface area (Å²) in [5.41, 5.74) is 0.393. The van der Waals surface area contributed by atoms with Gasteiger partial charge in [0.15, 0.2) is 4.21 Å². The number of rotatable bonds is 5. The molecule has 1 fully saturated rings. The van der Waals surface area contributed by atoms with Gasteiger partial charge < -0.3 is 10.3 Å². The third kappa shape index (κ3) is 3.86. The Balaban J connectivity index is 1.91. The number of H-pyrrole nitrogens is 1. The van der Waals surface area contributed by atoms with Crippen molar-refractivity contribution in [1.29, 1.82) is 0 Å². The molecule has 0 aliphatic carbocycles. The van der Waals surface area contributed by atoms with Crippen LogP contribution in [0.1, 0.15) is 5.69 Å². The summed E-state index contributed by atoms with van der Waals surface area (Å²) in [4.78, 5) is 15.5. The Kier molecular flexibility index (Phi) is 4.74. The SMILES string of the molecule is Cc1[nH]c(=O)sc1S(=O)(=O)NCCN1CCNCC1. The number of piperazine rings is 1. The fourth-order valence-electron chi connectivity index (χ4n) is 1.99. The molecule has 2 rings (SSSR count). The predicted molar refractivity (Wildman–Crippen MR) is 74.2 cm³/mol. The van der Waals surface area contributed by atoms with E-state index in [1.54, 1.807) is 6.92 Å². The number of hydrogen-bond acceptors (Lipinski definition) is 6. The lowest BCUT2D eigenvalue weighted by Gasteiger charge is -2.26. The van der Waals surface area contributed by atoms with Crippen LogP contribution in [0, 0.1) is 6.92 Å². The van der Waals surface area contributed by atoms with E-state index in [-0.39, 0.29) is 9.08 Å². The van der Waals surface area contributed by atoms with E-state index in [1.165, 1.54) is 0 Å². The highest BCUT2D eigenvalue weighted by Crippen LogP contribution is 2.14. The summed E-state index contributed by atoms with van der Waals surface area (Å²) < 4.78 is 26.7. The molecule has 108 valence electrons. The van der Waals surface area contributed by atoms with Gasteiger partial charge in [-0.3, -0.25) is 9.69 Å². The van der Waals surface area contributed by atoms with Crippen molar-refractivity contribution < 1.29 is 8.42 Å². The van der Waals surface area contributed by atoms with Crippen LogP contribution in [-0.4, -0.2) is 57.6 Å². The van der Waals surface area contributed by atoms with Crippen LogP contribution in [-0.2, 0) is 10.0 Å². The summed E-state index contributed by atoms with van der Waals surface area (Å²) in [6, 6.07) is 0. The minimum Gasteiger partial charge on any atom is -0.315 e. The van der Waals surface area contributed by atoms with Crippen molar-refractivity contribution in [1.82, 2.24) is 19.9 Å². The summed E-state index contributed by atoms with van der Waals surface area (Å²) in [5.74, 6) is 0. The van der Waals surface area contributed by atoms with Gasteiger partial charge in [-0.05, 0) is 6.92 Å². The Morgan fingerprint density at radius 2 is 2.05 bits per heavy atom. The van der Waals surface area contributed by atoms with Crippen LogP contribution < -0.4 is 14.9 Å². The monoisotopic (exact) mass is 306 g/mol. The molecule has 0 unspecified atom stereocenters. The van der Waals surface area contributed by atoms with E-state index >= 15 is 0 Å². The Labute approximate surface area is 116 Å². The summed E-state index contributed by atoms with van der Waals surface area (Å²) in [6.45, 7) is 6.35. The lowest BCUT2D eigenvalue weighted by Crippen LogP contribution is -2.46. The van der Waals surface area contributed by atoms with Crippen molar-refractivity contribution in [2.24, 2.45) is 0 Å². The zero-order chi connectivity index (χ0) is 13.9. The highest BCUT2D eigenvalue weighted by atomic mass is 32.2. The third-order valence-corrected chi connectivity index (χ3v) is 6.02. The lowest BCUT2D eigenvalue weighted by atomic mass is 10.3. The largest absolute Gasteiger partial charge is 0.315 e. The van der Waals surface area contributed by atoms with Crippen molar-refractivity contribution in [2.45, 2.75) is 11.1 Å². The van der Waals surface area contributed by atoms with Gasteiger partial charge in [0.25, 0.3) is 10.0 Å². The number of hydrogen-bond donors (Lipinski definition) is 3. The molecule has 2 heterocycles. The average Bonchev–Trinajstić information content (AvgIpc) is 2.70. The maximum Gasteiger partial charge on any atom is 0.305 e. The zero-order valence-corrected chi connectivity index (χ0v) is 12.4. The van der Waals surface area contributed by atoms with Gasteiger partial charge in [-0.1, -0.05) is 11.3 Å². The molecule has 1 aromatic heterocycles. The molecule has 0 aromatic carbocycles. The minimum atomic E-state index is -3.58. The molecule has 1 saturated heterocycles. The first-order chi connectivity index (χ1) is 8.99. The second-order valence-electron chi connectivity index (χ2n) is 4.42. The first-order valence-electron chi connectivity index (χ1n) is 6.11. The van der Waals surface area contributed by atoms with Crippen LogP contribution >= 0.6 is 11.3 Å². The first-order valence-corrected chi connectivity index (χ1v) is 8.41. The number of aryl methyl sites for hydroxylation is 1. The molecule has 3 N–H and O–H groups in total. The second-order valence-corrected chi connectivity index (χ2v) is 7.36. The van der Waals surface area contributed by atoms with Gasteiger partial charge in [0.2, 0.25) is 0 Å². The Bertz CT molecular complexity index is 572. The van der Waals surface area contributed by atoms with Crippen molar-refractivity contribution in [3.05, 3.63) is 15.4 Å². The molecule has 0 radical (unpaired) electrons. The molecule has 19 heavy (non-hydrogen) atoms. The maximum atomic E-state index is 12.0. The molecule has 0 atom stereocenters. The highest BCUT2D eigenvalue weighted by Gasteiger charge is 2.20. The summed E-state index contributed by atoms with van der Waals surface area (Å²) in [6.07, 6.45) is 0. The van der Waals surface area contributed by atoms with Gasteiger partial charge in [-0.15, -0.1) is 0 Å². The fraction of sp³-hybridized carbons (Fsp3) is 0.700.